The zero-order chi connectivity index (χ0) is 12.6. The van der Waals surface area contributed by atoms with Crippen molar-refractivity contribution in [1.82, 2.24) is 0 Å². The van der Waals surface area contributed by atoms with Crippen molar-refractivity contribution in [1.29, 1.82) is 0 Å². The summed E-state index contributed by atoms with van der Waals surface area (Å²) in [5.74, 6) is 0.146. The quantitative estimate of drug-likeness (QED) is 0.852. The minimum absolute atomic E-state index is 0.0532. The van der Waals surface area contributed by atoms with E-state index in [1.807, 2.05) is 0 Å². The zero-order valence-corrected chi connectivity index (χ0v) is 9.35. The molecule has 90 valence electrons. The van der Waals surface area contributed by atoms with Crippen LogP contribution in [-0.4, -0.2) is 13.3 Å². The van der Waals surface area contributed by atoms with Gasteiger partial charge in [-0.2, -0.15) is 13.2 Å². The summed E-state index contributed by atoms with van der Waals surface area (Å²) < 4.78 is 43.3. The van der Waals surface area contributed by atoms with Crippen molar-refractivity contribution in [2.24, 2.45) is 5.73 Å². The maximum Gasteiger partial charge on any atom is 0.410 e. The molecule has 0 saturated heterocycles. The number of nitrogens with two attached hydrogens (primary N) is 1. The van der Waals surface area contributed by atoms with Gasteiger partial charge in [-0.3, -0.25) is 0 Å². The molecule has 0 aliphatic heterocycles. The fourth-order valence-electron chi connectivity index (χ4n) is 1.38. The molecule has 0 bridgehead atoms. The highest BCUT2D eigenvalue weighted by molar-refractivity contribution is 5.42. The number of ether oxygens (including phenoxy) is 1. The van der Waals surface area contributed by atoms with Crippen LogP contribution in [0.1, 0.15) is 18.1 Å². The lowest BCUT2D eigenvalue weighted by atomic mass is 9.90. The Morgan fingerprint density at radius 1 is 1.25 bits per heavy atom. The van der Waals surface area contributed by atoms with Gasteiger partial charge in [0.25, 0.3) is 0 Å². The van der Waals surface area contributed by atoms with Gasteiger partial charge in [0.2, 0.25) is 0 Å². The van der Waals surface area contributed by atoms with Gasteiger partial charge in [0.15, 0.2) is 0 Å². The highest BCUT2D eigenvalue weighted by atomic mass is 19.4. The Morgan fingerprint density at radius 2 is 1.81 bits per heavy atom. The average Bonchev–Trinajstić information content (AvgIpc) is 2.16. The van der Waals surface area contributed by atoms with Crippen LogP contribution < -0.4 is 10.5 Å². The first-order valence-electron chi connectivity index (χ1n) is 4.71. The maximum atomic E-state index is 12.8. The number of hydrogen-bond acceptors (Lipinski definition) is 2. The lowest BCUT2D eigenvalue weighted by molar-refractivity contribution is -0.184. The van der Waals surface area contributed by atoms with Crippen LogP contribution in [0.4, 0.5) is 13.2 Å². The average molecular weight is 233 g/mol. The van der Waals surface area contributed by atoms with Crippen LogP contribution in [0.5, 0.6) is 5.75 Å². The van der Waals surface area contributed by atoms with Crippen LogP contribution in [0.2, 0.25) is 0 Å². The summed E-state index contributed by atoms with van der Waals surface area (Å²) in [4.78, 5) is 0. The Hall–Kier alpha value is -1.23. The number of hydrogen-bond donors (Lipinski definition) is 1. The molecule has 0 saturated carbocycles. The van der Waals surface area contributed by atoms with E-state index < -0.39 is 11.7 Å². The lowest BCUT2D eigenvalue weighted by Gasteiger charge is -2.29. The van der Waals surface area contributed by atoms with E-state index in [0.29, 0.717) is 5.56 Å². The van der Waals surface area contributed by atoms with E-state index in [1.165, 1.54) is 19.2 Å². The van der Waals surface area contributed by atoms with Crippen LogP contribution in [0.3, 0.4) is 0 Å². The molecule has 0 amide bonds. The second kappa shape index (κ2) is 3.97. The lowest BCUT2D eigenvalue weighted by Crippen LogP contribution is -2.47. The van der Waals surface area contributed by atoms with Gasteiger partial charge in [-0.1, -0.05) is 17.7 Å². The molecule has 0 aliphatic rings. The fraction of sp³-hybridized carbons (Fsp3) is 0.455. The summed E-state index contributed by atoms with van der Waals surface area (Å²) in [6.45, 7) is 2.64. The fourth-order valence-corrected chi connectivity index (χ4v) is 1.38. The SMILES string of the molecule is COc1ccc(C)cc1C(C)(N)C(F)(F)F. The number of aryl methyl sites for hydroxylation is 1. The summed E-state index contributed by atoms with van der Waals surface area (Å²) in [5.41, 5.74) is 3.60. The monoisotopic (exact) mass is 233 g/mol. The van der Waals surface area contributed by atoms with E-state index in [2.05, 4.69) is 0 Å². The van der Waals surface area contributed by atoms with Crippen molar-refractivity contribution < 1.29 is 17.9 Å². The Kier molecular flexibility index (Phi) is 3.19. The van der Waals surface area contributed by atoms with E-state index in [1.54, 1.807) is 13.0 Å². The minimum Gasteiger partial charge on any atom is -0.496 e. The Morgan fingerprint density at radius 3 is 2.25 bits per heavy atom. The Bertz CT molecular complexity index is 385. The third kappa shape index (κ3) is 2.14. The molecule has 1 atom stereocenters. The number of benzene rings is 1. The van der Waals surface area contributed by atoms with Gasteiger partial charge >= 0.3 is 6.18 Å². The number of halogens is 3. The molecule has 2 nitrogen and oxygen atoms in total. The zero-order valence-electron chi connectivity index (χ0n) is 9.35. The second-order valence-electron chi connectivity index (χ2n) is 3.90. The molecule has 1 aromatic carbocycles. The molecule has 0 fully saturated rings. The molecule has 2 N–H and O–H groups in total. The van der Waals surface area contributed by atoms with E-state index in [4.69, 9.17) is 10.5 Å². The van der Waals surface area contributed by atoms with E-state index in [0.717, 1.165) is 6.92 Å². The summed E-state index contributed by atoms with van der Waals surface area (Å²) in [6, 6.07) is 4.56. The smallest absolute Gasteiger partial charge is 0.410 e. The molecule has 0 aromatic heterocycles. The normalized spacial score (nSPS) is 15.7. The predicted molar refractivity (Wildman–Crippen MR) is 55.3 cm³/mol. The first-order valence-corrected chi connectivity index (χ1v) is 4.71. The summed E-state index contributed by atoms with van der Waals surface area (Å²) in [7, 11) is 1.32. The second-order valence-corrected chi connectivity index (χ2v) is 3.90. The van der Waals surface area contributed by atoms with E-state index in [-0.39, 0.29) is 11.3 Å². The van der Waals surface area contributed by atoms with Gasteiger partial charge in [-0.15, -0.1) is 0 Å². The maximum absolute atomic E-state index is 12.8. The minimum atomic E-state index is -4.52. The van der Waals surface area contributed by atoms with Crippen LogP contribution in [-0.2, 0) is 5.54 Å². The van der Waals surface area contributed by atoms with Crippen LogP contribution in [0.15, 0.2) is 18.2 Å². The third-order valence-corrected chi connectivity index (χ3v) is 2.50. The van der Waals surface area contributed by atoms with Gasteiger partial charge in [-0.05, 0) is 19.9 Å². The van der Waals surface area contributed by atoms with Gasteiger partial charge in [-0.25, -0.2) is 0 Å². The standard InChI is InChI=1S/C11H14F3NO/c1-7-4-5-9(16-3)8(6-7)10(2,15)11(12,13)14/h4-6H,15H2,1-3H3. The highest BCUT2D eigenvalue weighted by Crippen LogP contribution is 2.40. The van der Waals surface area contributed by atoms with Crippen molar-refractivity contribution in [2.75, 3.05) is 7.11 Å². The van der Waals surface area contributed by atoms with Gasteiger partial charge in [0.1, 0.15) is 11.3 Å². The van der Waals surface area contributed by atoms with Crippen LogP contribution in [0.25, 0.3) is 0 Å². The largest absolute Gasteiger partial charge is 0.496 e. The van der Waals surface area contributed by atoms with Crippen molar-refractivity contribution in [3.05, 3.63) is 29.3 Å². The topological polar surface area (TPSA) is 35.2 Å². The van der Waals surface area contributed by atoms with Crippen molar-refractivity contribution in [3.8, 4) is 5.75 Å². The molecule has 1 aromatic rings. The molecule has 16 heavy (non-hydrogen) atoms. The number of alkyl halides is 3. The Balaban J connectivity index is 3.36. The molecule has 1 unspecified atom stereocenters. The Labute approximate surface area is 92.2 Å². The molecule has 5 heteroatoms. The number of methoxy groups -OCH3 is 1. The molecule has 0 aliphatic carbocycles. The van der Waals surface area contributed by atoms with Crippen molar-refractivity contribution in [3.63, 3.8) is 0 Å². The summed E-state index contributed by atoms with van der Waals surface area (Å²) in [6.07, 6.45) is -4.52. The first kappa shape index (κ1) is 12.8. The van der Waals surface area contributed by atoms with E-state index in [9.17, 15) is 13.2 Å². The van der Waals surface area contributed by atoms with Gasteiger partial charge in [0, 0.05) is 5.56 Å². The molecule has 0 radical (unpaired) electrons. The van der Waals surface area contributed by atoms with Crippen molar-refractivity contribution >= 4 is 0 Å². The van der Waals surface area contributed by atoms with Crippen molar-refractivity contribution in [2.45, 2.75) is 25.6 Å². The number of rotatable bonds is 2. The van der Waals surface area contributed by atoms with Crippen LogP contribution in [0, 0.1) is 6.92 Å². The van der Waals surface area contributed by atoms with Crippen LogP contribution >= 0.6 is 0 Å². The third-order valence-electron chi connectivity index (χ3n) is 2.50. The van der Waals surface area contributed by atoms with Gasteiger partial charge in [0.05, 0.1) is 7.11 Å². The summed E-state index contributed by atoms with van der Waals surface area (Å²) in [5, 5.41) is 0. The molecular weight excluding hydrogens is 219 g/mol. The molecular formula is C11H14F3NO. The van der Waals surface area contributed by atoms with Gasteiger partial charge < -0.3 is 10.5 Å². The molecule has 1 rings (SSSR count). The molecule has 0 heterocycles. The predicted octanol–water partition coefficient (Wildman–Crippen LogP) is 2.74. The summed E-state index contributed by atoms with van der Waals surface area (Å²) >= 11 is 0. The first-order chi connectivity index (χ1) is 7.20. The van der Waals surface area contributed by atoms with E-state index >= 15 is 0 Å². The molecule has 0 spiro atoms. The highest BCUT2D eigenvalue weighted by Gasteiger charge is 2.50.